The van der Waals surface area contributed by atoms with Crippen molar-refractivity contribution in [2.45, 2.75) is 38.2 Å². The summed E-state index contributed by atoms with van der Waals surface area (Å²) < 4.78 is 0. The van der Waals surface area contributed by atoms with Gasteiger partial charge in [-0.2, -0.15) is 11.8 Å². The Balaban J connectivity index is 1.62. The monoisotopic (exact) mass is 391 g/mol. The van der Waals surface area contributed by atoms with Crippen molar-refractivity contribution in [3.8, 4) is 0 Å². The summed E-state index contributed by atoms with van der Waals surface area (Å²) in [5.41, 5.74) is 2.54. The number of amides is 3. The van der Waals surface area contributed by atoms with Gasteiger partial charge in [-0.25, -0.2) is 0 Å². The van der Waals surface area contributed by atoms with Gasteiger partial charge in [0.25, 0.3) is 0 Å². The number of rotatable bonds is 6. The molecule has 0 aliphatic carbocycles. The summed E-state index contributed by atoms with van der Waals surface area (Å²) in [6.07, 6.45) is 4.34. The van der Waals surface area contributed by atoms with Crippen molar-refractivity contribution in [1.29, 1.82) is 0 Å². The summed E-state index contributed by atoms with van der Waals surface area (Å²) in [5, 5.41) is 15.3. The van der Waals surface area contributed by atoms with Crippen molar-refractivity contribution in [2.75, 3.05) is 35.3 Å². The van der Waals surface area contributed by atoms with Crippen LogP contribution in [0.3, 0.4) is 0 Å². The summed E-state index contributed by atoms with van der Waals surface area (Å²) in [6.45, 7) is 2.33. The van der Waals surface area contributed by atoms with Gasteiger partial charge in [-0.05, 0) is 61.5 Å². The van der Waals surface area contributed by atoms with E-state index in [4.69, 9.17) is 0 Å². The first kappa shape index (κ1) is 19.7. The number of nitrogens with zero attached hydrogens (tertiary/aromatic N) is 1. The van der Waals surface area contributed by atoms with Crippen LogP contribution < -0.4 is 15.5 Å². The normalized spacial score (nSPS) is 17.3. The molecule has 27 heavy (non-hydrogen) atoms. The number of anilines is 2. The maximum absolute atomic E-state index is 12.2. The van der Waals surface area contributed by atoms with Crippen molar-refractivity contribution in [2.24, 2.45) is 0 Å². The molecule has 2 heterocycles. The fraction of sp³-hybridized carbons (Fsp3) is 0.526. The predicted octanol–water partition coefficient (Wildman–Crippen LogP) is 1.08. The van der Waals surface area contributed by atoms with E-state index in [1.54, 1.807) is 18.7 Å². The minimum absolute atomic E-state index is 0.0202. The first-order valence-electron chi connectivity index (χ1n) is 9.07. The van der Waals surface area contributed by atoms with Crippen LogP contribution in [0.25, 0.3) is 0 Å². The molecule has 2 aliphatic rings. The van der Waals surface area contributed by atoms with Gasteiger partial charge in [-0.1, -0.05) is 0 Å². The van der Waals surface area contributed by atoms with Crippen molar-refractivity contribution >= 4 is 40.9 Å². The number of hydrogen-bond acceptors (Lipinski definition) is 5. The van der Waals surface area contributed by atoms with E-state index in [-0.39, 0.29) is 12.5 Å². The summed E-state index contributed by atoms with van der Waals surface area (Å²) in [4.78, 5) is 38.1. The van der Waals surface area contributed by atoms with E-state index in [9.17, 15) is 19.5 Å². The summed E-state index contributed by atoms with van der Waals surface area (Å²) in [5.74, 6) is -0.618. The maximum Gasteiger partial charge on any atom is 0.313 e. The fourth-order valence-electron chi connectivity index (χ4n) is 3.48. The lowest BCUT2D eigenvalue weighted by Crippen LogP contribution is -2.44. The molecular formula is C19H25N3O4S. The minimum Gasteiger partial charge on any atom is -0.388 e. The highest BCUT2D eigenvalue weighted by molar-refractivity contribution is 7.98. The van der Waals surface area contributed by atoms with Crippen LogP contribution in [-0.2, 0) is 27.2 Å². The highest BCUT2D eigenvalue weighted by Gasteiger charge is 2.31. The molecular weight excluding hydrogens is 366 g/mol. The topological polar surface area (TPSA) is 98.7 Å². The number of nitrogens with one attached hydrogen (secondary N) is 2. The van der Waals surface area contributed by atoms with Crippen molar-refractivity contribution in [3.05, 3.63) is 23.3 Å². The van der Waals surface area contributed by atoms with Crippen molar-refractivity contribution < 1.29 is 19.5 Å². The number of carbonyl (C=O) groups is 3. The fourth-order valence-corrected chi connectivity index (χ4v) is 4.12. The molecule has 146 valence electrons. The van der Waals surface area contributed by atoms with Gasteiger partial charge in [0.1, 0.15) is 0 Å². The van der Waals surface area contributed by atoms with Gasteiger partial charge in [0.2, 0.25) is 5.91 Å². The molecule has 0 unspecified atom stereocenters. The Hall–Kier alpha value is -2.06. The van der Waals surface area contributed by atoms with Gasteiger partial charge in [0.05, 0.1) is 11.3 Å². The Labute approximate surface area is 162 Å². The van der Waals surface area contributed by atoms with Crippen LogP contribution in [0.15, 0.2) is 12.1 Å². The number of carbonyl (C=O) groups excluding carboxylic acids is 3. The average molecular weight is 391 g/mol. The molecule has 0 aromatic heterocycles. The quantitative estimate of drug-likeness (QED) is 0.631. The molecule has 0 spiro atoms. The molecule has 0 radical (unpaired) electrons. The Morgan fingerprint density at radius 3 is 2.63 bits per heavy atom. The van der Waals surface area contributed by atoms with Crippen LogP contribution in [0.4, 0.5) is 11.4 Å². The molecule has 3 rings (SSSR count). The van der Waals surface area contributed by atoms with E-state index in [1.807, 2.05) is 23.3 Å². The highest BCUT2D eigenvalue weighted by Crippen LogP contribution is 2.38. The number of aliphatic hydroxyl groups is 1. The zero-order chi connectivity index (χ0) is 19.6. The first-order valence-corrected chi connectivity index (χ1v) is 10.5. The van der Waals surface area contributed by atoms with E-state index in [2.05, 4.69) is 10.6 Å². The molecule has 1 aromatic rings. The highest BCUT2D eigenvalue weighted by atomic mass is 32.2. The van der Waals surface area contributed by atoms with E-state index in [0.29, 0.717) is 31.5 Å². The third-order valence-electron chi connectivity index (χ3n) is 4.99. The zero-order valence-electron chi connectivity index (χ0n) is 15.6. The maximum atomic E-state index is 12.2. The lowest BCUT2D eigenvalue weighted by Gasteiger charge is -2.26. The van der Waals surface area contributed by atoms with E-state index >= 15 is 0 Å². The Morgan fingerprint density at radius 2 is 1.93 bits per heavy atom. The lowest BCUT2D eigenvalue weighted by atomic mass is 9.98. The number of hydrogen-bond donors (Lipinski definition) is 3. The Bertz CT molecular complexity index is 778. The zero-order valence-corrected chi connectivity index (χ0v) is 16.4. The molecule has 7 nitrogen and oxygen atoms in total. The number of benzene rings is 1. The second kappa shape index (κ2) is 7.90. The molecule has 0 fully saturated rings. The van der Waals surface area contributed by atoms with Crippen molar-refractivity contribution in [3.63, 3.8) is 0 Å². The van der Waals surface area contributed by atoms with Crippen LogP contribution in [0, 0.1) is 0 Å². The van der Waals surface area contributed by atoms with Gasteiger partial charge in [0.15, 0.2) is 0 Å². The van der Waals surface area contributed by atoms with Crippen LogP contribution in [0.1, 0.15) is 30.9 Å². The van der Waals surface area contributed by atoms with Gasteiger partial charge < -0.3 is 20.6 Å². The first-order chi connectivity index (χ1) is 12.8. The lowest BCUT2D eigenvalue weighted by molar-refractivity contribution is -0.136. The molecule has 2 aliphatic heterocycles. The molecule has 3 N–H and O–H groups in total. The summed E-state index contributed by atoms with van der Waals surface area (Å²) in [6, 6.07) is 3.67. The number of aryl methyl sites for hydroxylation is 1. The van der Waals surface area contributed by atoms with Gasteiger partial charge in [0, 0.05) is 25.2 Å². The van der Waals surface area contributed by atoms with Crippen molar-refractivity contribution in [1.82, 2.24) is 5.32 Å². The predicted molar refractivity (Wildman–Crippen MR) is 106 cm³/mol. The molecule has 0 bridgehead atoms. The van der Waals surface area contributed by atoms with Gasteiger partial charge >= 0.3 is 11.8 Å². The van der Waals surface area contributed by atoms with Crippen LogP contribution >= 0.6 is 11.8 Å². The smallest absolute Gasteiger partial charge is 0.313 e. The van der Waals surface area contributed by atoms with E-state index < -0.39 is 17.4 Å². The second-order valence-electron chi connectivity index (χ2n) is 7.32. The second-order valence-corrected chi connectivity index (χ2v) is 8.30. The molecule has 3 amide bonds. The molecule has 1 aromatic carbocycles. The van der Waals surface area contributed by atoms with Crippen LogP contribution in [0.2, 0.25) is 0 Å². The minimum atomic E-state index is -1.05. The van der Waals surface area contributed by atoms with E-state index in [1.165, 1.54) is 0 Å². The summed E-state index contributed by atoms with van der Waals surface area (Å²) in [7, 11) is 0. The van der Waals surface area contributed by atoms with E-state index in [0.717, 1.165) is 29.0 Å². The average Bonchev–Trinajstić information content (AvgIpc) is 3.06. The SMILES string of the molecule is CSCC[C@](C)(O)CNC(=O)C(=O)Nc1cc2c3c(c1)CCN3C(=O)CC2. The summed E-state index contributed by atoms with van der Waals surface area (Å²) >= 11 is 1.61. The van der Waals surface area contributed by atoms with Gasteiger partial charge in [-0.3, -0.25) is 14.4 Å². The molecule has 0 saturated carbocycles. The largest absolute Gasteiger partial charge is 0.388 e. The molecule has 8 heteroatoms. The third kappa shape index (κ3) is 4.44. The standard InChI is InChI=1S/C19H25N3O4S/c1-19(26,6-8-27-2)11-20-17(24)18(25)21-14-9-12-3-4-15(23)22-7-5-13(10-14)16(12)22/h9-10,26H,3-8,11H2,1-2H3,(H,20,24)(H,21,25)/t19-/m0/s1. The number of thioether (sulfide) groups is 1. The van der Waals surface area contributed by atoms with Gasteiger partial charge in [-0.15, -0.1) is 0 Å². The third-order valence-corrected chi connectivity index (χ3v) is 5.60. The van der Waals surface area contributed by atoms with Crippen LogP contribution in [0.5, 0.6) is 0 Å². The Morgan fingerprint density at radius 1 is 1.22 bits per heavy atom. The molecule has 1 atom stereocenters. The molecule has 0 saturated heterocycles. The Kier molecular flexibility index (Phi) is 5.76. The van der Waals surface area contributed by atoms with Crippen LogP contribution in [-0.4, -0.2) is 53.5 Å².